The van der Waals surface area contributed by atoms with Crippen LogP contribution >= 0.6 is 0 Å². The van der Waals surface area contributed by atoms with E-state index in [1.54, 1.807) is 4.90 Å². The number of benzene rings is 1. The van der Waals surface area contributed by atoms with Gasteiger partial charge in [0.2, 0.25) is 0 Å². The van der Waals surface area contributed by atoms with Crippen molar-refractivity contribution < 1.29 is 14.6 Å². The van der Waals surface area contributed by atoms with Crippen LogP contribution in [0.5, 0.6) is 0 Å². The van der Waals surface area contributed by atoms with Gasteiger partial charge in [0.15, 0.2) is 0 Å². The second kappa shape index (κ2) is 7.27. The van der Waals surface area contributed by atoms with E-state index in [4.69, 9.17) is 4.74 Å². The Bertz CT molecular complexity index is 660. The minimum absolute atomic E-state index is 0. The highest BCUT2D eigenvalue weighted by Crippen LogP contribution is 2.42. The van der Waals surface area contributed by atoms with Crippen molar-refractivity contribution in [3.63, 3.8) is 0 Å². The topological polar surface area (TPSA) is 49.8 Å². The molecule has 0 unspecified atom stereocenters. The summed E-state index contributed by atoms with van der Waals surface area (Å²) in [7, 11) is 1.40. The van der Waals surface area contributed by atoms with Gasteiger partial charge in [-0.25, -0.2) is 4.79 Å². The number of aliphatic hydroxyl groups is 1. The van der Waals surface area contributed by atoms with E-state index >= 15 is 0 Å². The number of likely N-dealkylation sites (tertiary alicyclic amines) is 1. The molecule has 1 amide bonds. The van der Waals surface area contributed by atoms with Crippen molar-refractivity contribution >= 4 is 6.09 Å². The van der Waals surface area contributed by atoms with Crippen molar-refractivity contribution in [3.8, 4) is 11.8 Å². The summed E-state index contributed by atoms with van der Waals surface area (Å²) >= 11 is 0. The predicted molar refractivity (Wildman–Crippen MR) is 94.6 cm³/mol. The average molecular weight is 329 g/mol. The highest BCUT2D eigenvalue weighted by molar-refractivity contribution is 5.68. The number of carbonyl (C=O) groups excluding carboxylic acids is 1. The second-order valence-electron chi connectivity index (χ2n) is 6.56. The third kappa shape index (κ3) is 3.42. The van der Waals surface area contributed by atoms with Crippen molar-refractivity contribution in [1.82, 2.24) is 4.90 Å². The number of hydrogen-bond donors (Lipinski definition) is 1. The number of aryl methyl sites for hydroxylation is 1. The minimum atomic E-state index is -1.02. The molecule has 2 fully saturated rings. The van der Waals surface area contributed by atoms with E-state index in [0.29, 0.717) is 13.0 Å². The van der Waals surface area contributed by atoms with Crippen molar-refractivity contribution in [1.29, 1.82) is 0 Å². The van der Waals surface area contributed by atoms with Gasteiger partial charge < -0.3 is 14.7 Å². The first-order valence-corrected chi connectivity index (χ1v) is 8.20. The molecule has 1 saturated heterocycles. The lowest BCUT2D eigenvalue weighted by Gasteiger charge is -2.39. The lowest BCUT2D eigenvalue weighted by atomic mass is 9.73. The molecule has 0 bridgehead atoms. The molecule has 0 spiro atoms. The number of hydrogen-bond acceptors (Lipinski definition) is 3. The highest BCUT2D eigenvalue weighted by Gasteiger charge is 2.50. The molecule has 4 nitrogen and oxygen atoms in total. The van der Waals surface area contributed by atoms with E-state index in [-0.39, 0.29) is 25.5 Å². The Morgan fingerprint density at radius 2 is 2.21 bits per heavy atom. The van der Waals surface area contributed by atoms with E-state index < -0.39 is 5.60 Å². The van der Waals surface area contributed by atoms with Gasteiger partial charge in [-0.3, -0.25) is 0 Å². The normalized spacial score (nSPS) is 28.2. The zero-order chi connectivity index (χ0) is 16.4. The first kappa shape index (κ1) is 18.4. The van der Waals surface area contributed by atoms with Gasteiger partial charge in [0.25, 0.3) is 0 Å². The van der Waals surface area contributed by atoms with Crippen LogP contribution in [-0.4, -0.2) is 41.4 Å². The minimum Gasteiger partial charge on any atom is -0.453 e. The number of rotatable bonds is 0. The fourth-order valence-corrected chi connectivity index (χ4v) is 3.94. The first-order chi connectivity index (χ1) is 11.0. The summed E-state index contributed by atoms with van der Waals surface area (Å²) in [5, 5.41) is 11.1. The Kier molecular flexibility index (Phi) is 5.56. The van der Waals surface area contributed by atoms with Crippen LogP contribution in [-0.2, 0) is 4.74 Å². The van der Waals surface area contributed by atoms with Gasteiger partial charge in [-0.2, -0.15) is 0 Å². The molecule has 1 aliphatic heterocycles. The summed E-state index contributed by atoms with van der Waals surface area (Å²) in [6, 6.07) is 8.02. The van der Waals surface area contributed by atoms with Crippen LogP contribution < -0.4 is 0 Å². The van der Waals surface area contributed by atoms with Gasteiger partial charge in [-0.05, 0) is 50.3 Å². The Morgan fingerprint density at radius 3 is 2.92 bits per heavy atom. The number of methoxy groups -OCH3 is 1. The number of amides is 1. The molecule has 0 radical (unpaired) electrons. The van der Waals surface area contributed by atoms with Crippen molar-refractivity contribution in [3.05, 3.63) is 35.4 Å². The number of fused-ring (bicyclic) bond motifs is 1. The molecule has 1 N–H and O–H groups in total. The molecule has 1 heterocycles. The zero-order valence-electron chi connectivity index (χ0n) is 13.7. The van der Waals surface area contributed by atoms with Crippen LogP contribution in [0.4, 0.5) is 4.79 Å². The lowest BCUT2D eigenvalue weighted by molar-refractivity contribution is -0.0136. The van der Waals surface area contributed by atoms with Crippen molar-refractivity contribution in [2.24, 2.45) is 5.92 Å². The van der Waals surface area contributed by atoms with E-state index in [1.165, 1.54) is 7.11 Å². The van der Waals surface area contributed by atoms with Gasteiger partial charge >= 0.3 is 6.09 Å². The molecule has 3 atom stereocenters. The van der Waals surface area contributed by atoms with Crippen LogP contribution in [0.3, 0.4) is 0 Å². The highest BCUT2D eigenvalue weighted by atomic mass is 16.5. The summed E-state index contributed by atoms with van der Waals surface area (Å²) in [5.41, 5.74) is 1.06. The molecule has 130 valence electrons. The average Bonchev–Trinajstić information content (AvgIpc) is 2.98. The van der Waals surface area contributed by atoms with Crippen LogP contribution in [0.25, 0.3) is 0 Å². The van der Waals surface area contributed by atoms with Gasteiger partial charge in [-0.15, -0.1) is 0 Å². The maximum atomic E-state index is 11.9. The molecule has 1 aromatic carbocycles. The summed E-state index contributed by atoms with van der Waals surface area (Å²) in [5.74, 6) is 6.26. The molecule has 1 aliphatic carbocycles. The fourth-order valence-electron chi connectivity index (χ4n) is 3.94. The molecule has 24 heavy (non-hydrogen) atoms. The molecule has 3 rings (SSSR count). The van der Waals surface area contributed by atoms with Gasteiger partial charge in [0.05, 0.1) is 7.11 Å². The molecule has 1 aromatic rings. The van der Waals surface area contributed by atoms with Crippen LogP contribution in [0.15, 0.2) is 24.3 Å². The molecule has 1 saturated carbocycles. The Morgan fingerprint density at radius 1 is 1.42 bits per heavy atom. The smallest absolute Gasteiger partial charge is 0.409 e. The standard InChI is InChI=1S/C19H23NO3.CH4/c1-14-5-3-6-15(13-14)8-11-19(22)10-4-7-17-16(19)9-12-20(17)18(21)23-2;/h3,5-6,13,16-17,22H,4,7,9-10,12H2,1-2H3;1H4/t16-,17-,19-;/m1./s1. The molecular formula is C20H27NO3. The molecule has 2 aliphatic rings. The third-order valence-corrected chi connectivity index (χ3v) is 5.07. The zero-order valence-corrected chi connectivity index (χ0v) is 13.7. The summed E-state index contributed by atoms with van der Waals surface area (Å²) in [4.78, 5) is 13.6. The molecular weight excluding hydrogens is 302 g/mol. The van der Waals surface area contributed by atoms with Crippen LogP contribution in [0.2, 0.25) is 0 Å². The van der Waals surface area contributed by atoms with Crippen molar-refractivity contribution in [2.45, 2.75) is 51.7 Å². The lowest BCUT2D eigenvalue weighted by Crippen LogP contribution is -2.49. The van der Waals surface area contributed by atoms with E-state index in [2.05, 4.69) is 11.8 Å². The van der Waals surface area contributed by atoms with Gasteiger partial charge in [-0.1, -0.05) is 31.4 Å². The monoisotopic (exact) mass is 329 g/mol. The molecule has 4 heteroatoms. The SMILES string of the molecule is C.COC(=O)N1CC[C@@H]2[C@H]1CCC[C@@]2(O)C#Cc1cccc(C)c1. The quantitative estimate of drug-likeness (QED) is 0.743. The van der Waals surface area contributed by atoms with E-state index in [9.17, 15) is 9.90 Å². The Labute approximate surface area is 144 Å². The summed E-state index contributed by atoms with van der Waals surface area (Å²) in [6.45, 7) is 2.66. The molecule has 0 aromatic heterocycles. The van der Waals surface area contributed by atoms with Crippen LogP contribution in [0, 0.1) is 24.7 Å². The maximum Gasteiger partial charge on any atom is 0.409 e. The van der Waals surface area contributed by atoms with Crippen LogP contribution in [0.1, 0.15) is 44.2 Å². The summed E-state index contributed by atoms with van der Waals surface area (Å²) < 4.78 is 4.86. The van der Waals surface area contributed by atoms with E-state index in [0.717, 1.165) is 30.4 Å². The van der Waals surface area contributed by atoms with E-state index in [1.807, 2.05) is 31.2 Å². The fraction of sp³-hybridized carbons (Fsp3) is 0.550. The van der Waals surface area contributed by atoms with Gasteiger partial charge in [0.1, 0.15) is 5.60 Å². The van der Waals surface area contributed by atoms with Gasteiger partial charge in [0, 0.05) is 24.1 Å². The number of ether oxygens (including phenoxy) is 1. The second-order valence-corrected chi connectivity index (χ2v) is 6.56. The number of nitrogens with zero attached hydrogens (tertiary/aromatic N) is 1. The third-order valence-electron chi connectivity index (χ3n) is 5.07. The Balaban J connectivity index is 0.00000208. The summed E-state index contributed by atoms with van der Waals surface area (Å²) in [6.07, 6.45) is 2.93. The number of carbonyl (C=O) groups is 1. The maximum absolute atomic E-state index is 11.9. The van der Waals surface area contributed by atoms with Crippen molar-refractivity contribution in [2.75, 3.05) is 13.7 Å². The predicted octanol–water partition coefficient (Wildman–Crippen LogP) is 3.35. The Hall–Kier alpha value is -1.99. The first-order valence-electron chi connectivity index (χ1n) is 8.20. The largest absolute Gasteiger partial charge is 0.453 e.